The van der Waals surface area contributed by atoms with Crippen molar-refractivity contribution in [2.45, 2.75) is 24.5 Å². The van der Waals surface area contributed by atoms with Crippen LogP contribution in [0.15, 0.2) is 64.7 Å². The fourth-order valence-corrected chi connectivity index (χ4v) is 4.48. The topological polar surface area (TPSA) is 69.0 Å². The van der Waals surface area contributed by atoms with E-state index in [0.717, 1.165) is 22.5 Å². The van der Waals surface area contributed by atoms with Gasteiger partial charge in [-0.05, 0) is 64.8 Å². The van der Waals surface area contributed by atoms with Crippen molar-refractivity contribution in [3.8, 4) is 5.75 Å². The van der Waals surface area contributed by atoms with Gasteiger partial charge in [0.2, 0.25) is 5.91 Å². The second-order valence-corrected chi connectivity index (χ2v) is 9.34. The van der Waals surface area contributed by atoms with Gasteiger partial charge in [0.1, 0.15) is 11.6 Å². The summed E-state index contributed by atoms with van der Waals surface area (Å²) in [5, 5.41) is 13.3. The van der Waals surface area contributed by atoms with E-state index in [4.69, 9.17) is 27.9 Å². The molecule has 168 valence electrons. The van der Waals surface area contributed by atoms with Gasteiger partial charge in [0, 0.05) is 28.7 Å². The molecule has 1 aromatic heterocycles. The zero-order chi connectivity index (χ0) is 22.9. The summed E-state index contributed by atoms with van der Waals surface area (Å²) in [6.07, 6.45) is 3.22. The van der Waals surface area contributed by atoms with E-state index in [-0.39, 0.29) is 11.7 Å². The second-order valence-electron chi connectivity index (χ2n) is 6.67. The van der Waals surface area contributed by atoms with Crippen LogP contribution in [-0.4, -0.2) is 33.0 Å². The number of halogens is 3. The van der Waals surface area contributed by atoms with Crippen LogP contribution in [-0.2, 0) is 17.8 Å². The molecule has 1 heterocycles. The van der Waals surface area contributed by atoms with E-state index < -0.39 is 0 Å². The SMILES string of the molecule is C=CCn1c(CCCOc2ccc(Cl)cc2Br)nnc1SCC(=O)Nc1ccc(Cl)cc1. The highest BCUT2D eigenvalue weighted by Crippen LogP contribution is 2.28. The minimum atomic E-state index is -0.131. The van der Waals surface area contributed by atoms with Crippen molar-refractivity contribution < 1.29 is 9.53 Å². The first-order valence-electron chi connectivity index (χ1n) is 9.75. The molecule has 0 bridgehead atoms. The summed E-state index contributed by atoms with van der Waals surface area (Å²) in [5.41, 5.74) is 0.695. The molecule has 1 N–H and O–H groups in total. The first-order valence-corrected chi connectivity index (χ1v) is 12.3. The predicted octanol–water partition coefficient (Wildman–Crippen LogP) is 6.28. The minimum Gasteiger partial charge on any atom is -0.492 e. The molecule has 3 rings (SSSR count). The standard InChI is InChI=1S/C22H21BrCl2N4O2S/c1-2-11-29-20(4-3-12-31-19-10-7-16(25)13-18(19)23)27-28-22(29)32-14-21(30)26-17-8-5-15(24)6-9-17/h2,5-10,13H,1,3-4,11-12,14H2,(H,26,30). The molecule has 0 aliphatic rings. The number of hydrogen-bond acceptors (Lipinski definition) is 5. The molecule has 0 radical (unpaired) electrons. The summed E-state index contributed by atoms with van der Waals surface area (Å²) >= 11 is 16.6. The number of allylic oxidation sites excluding steroid dienone is 1. The van der Waals surface area contributed by atoms with Crippen LogP contribution in [0.4, 0.5) is 5.69 Å². The van der Waals surface area contributed by atoms with Gasteiger partial charge in [0.05, 0.1) is 16.8 Å². The third kappa shape index (κ3) is 7.27. The number of ether oxygens (including phenoxy) is 1. The molecular formula is C22H21BrCl2N4O2S. The van der Waals surface area contributed by atoms with Crippen LogP contribution < -0.4 is 10.1 Å². The lowest BCUT2D eigenvalue weighted by molar-refractivity contribution is -0.113. The third-order valence-corrected chi connectivity index (χ3v) is 6.34. The Balaban J connectivity index is 1.52. The van der Waals surface area contributed by atoms with Crippen LogP contribution in [0, 0.1) is 0 Å². The maximum absolute atomic E-state index is 12.3. The normalized spacial score (nSPS) is 10.7. The Bertz CT molecular complexity index is 1080. The van der Waals surface area contributed by atoms with Crippen LogP contribution in [0.25, 0.3) is 0 Å². The fourth-order valence-electron chi connectivity index (χ4n) is 2.79. The molecule has 0 fully saturated rings. The summed E-state index contributed by atoms with van der Waals surface area (Å²) in [6, 6.07) is 12.4. The Labute approximate surface area is 209 Å². The van der Waals surface area contributed by atoms with Gasteiger partial charge in [-0.25, -0.2) is 0 Å². The largest absolute Gasteiger partial charge is 0.492 e. The van der Waals surface area contributed by atoms with Gasteiger partial charge in [-0.15, -0.1) is 16.8 Å². The molecular weight excluding hydrogens is 535 g/mol. The van der Waals surface area contributed by atoms with E-state index in [1.165, 1.54) is 11.8 Å². The number of anilines is 1. The molecule has 1 amide bonds. The third-order valence-electron chi connectivity index (χ3n) is 4.26. The molecule has 0 atom stereocenters. The lowest BCUT2D eigenvalue weighted by Crippen LogP contribution is -2.14. The number of aryl methyl sites for hydroxylation is 1. The lowest BCUT2D eigenvalue weighted by atomic mass is 10.3. The van der Waals surface area contributed by atoms with E-state index >= 15 is 0 Å². The summed E-state index contributed by atoms with van der Waals surface area (Å²) in [5.74, 6) is 1.65. The zero-order valence-electron chi connectivity index (χ0n) is 17.1. The number of amides is 1. The van der Waals surface area contributed by atoms with Crippen LogP contribution >= 0.6 is 50.9 Å². The Hall–Kier alpha value is -2.00. The van der Waals surface area contributed by atoms with Gasteiger partial charge in [-0.1, -0.05) is 41.0 Å². The van der Waals surface area contributed by atoms with Gasteiger partial charge in [0.15, 0.2) is 5.16 Å². The molecule has 6 nitrogen and oxygen atoms in total. The van der Waals surface area contributed by atoms with E-state index in [1.54, 1.807) is 42.5 Å². The van der Waals surface area contributed by atoms with Crippen molar-refractivity contribution in [3.63, 3.8) is 0 Å². The highest BCUT2D eigenvalue weighted by Gasteiger charge is 2.14. The van der Waals surface area contributed by atoms with Crippen molar-refractivity contribution >= 4 is 62.5 Å². The van der Waals surface area contributed by atoms with Crippen LogP contribution in [0.2, 0.25) is 10.0 Å². The fraction of sp³-hybridized carbons (Fsp3) is 0.227. The summed E-state index contributed by atoms with van der Waals surface area (Å²) in [6.45, 7) is 4.90. The van der Waals surface area contributed by atoms with E-state index in [2.05, 4.69) is 38.0 Å². The highest BCUT2D eigenvalue weighted by molar-refractivity contribution is 9.10. The summed E-state index contributed by atoms with van der Waals surface area (Å²) in [4.78, 5) is 12.3. The Morgan fingerprint density at radius 2 is 1.94 bits per heavy atom. The first-order chi connectivity index (χ1) is 15.5. The summed E-state index contributed by atoms with van der Waals surface area (Å²) in [7, 11) is 0. The average molecular weight is 556 g/mol. The molecule has 0 spiro atoms. The molecule has 3 aromatic rings. The van der Waals surface area contributed by atoms with Crippen LogP contribution in [0.3, 0.4) is 0 Å². The molecule has 0 unspecified atom stereocenters. The smallest absolute Gasteiger partial charge is 0.234 e. The molecule has 0 aliphatic heterocycles. The number of rotatable bonds is 11. The molecule has 10 heteroatoms. The van der Waals surface area contributed by atoms with Crippen molar-refractivity contribution in [3.05, 3.63) is 75.5 Å². The molecule has 0 saturated heterocycles. The van der Waals surface area contributed by atoms with Crippen LogP contribution in [0.1, 0.15) is 12.2 Å². The number of carbonyl (C=O) groups is 1. The van der Waals surface area contributed by atoms with E-state index in [9.17, 15) is 4.79 Å². The Kier molecular flexibility index (Phi) is 9.47. The van der Waals surface area contributed by atoms with E-state index in [1.807, 2.05) is 10.6 Å². The molecule has 0 aliphatic carbocycles. The number of thioether (sulfide) groups is 1. The maximum Gasteiger partial charge on any atom is 0.234 e. The van der Waals surface area contributed by atoms with Crippen molar-refractivity contribution in [1.82, 2.24) is 14.8 Å². The maximum atomic E-state index is 12.3. The van der Waals surface area contributed by atoms with Crippen molar-refractivity contribution in [2.24, 2.45) is 0 Å². The van der Waals surface area contributed by atoms with Crippen molar-refractivity contribution in [1.29, 1.82) is 0 Å². The Morgan fingerprint density at radius 3 is 2.66 bits per heavy atom. The zero-order valence-corrected chi connectivity index (χ0v) is 21.0. The second kappa shape index (κ2) is 12.3. The number of aromatic nitrogens is 3. The van der Waals surface area contributed by atoms with Gasteiger partial charge in [-0.2, -0.15) is 0 Å². The number of nitrogens with zero attached hydrogens (tertiary/aromatic N) is 3. The number of carbonyl (C=O) groups excluding carboxylic acids is 1. The summed E-state index contributed by atoms with van der Waals surface area (Å²) < 4.78 is 8.59. The molecule has 32 heavy (non-hydrogen) atoms. The Morgan fingerprint density at radius 1 is 1.19 bits per heavy atom. The van der Waals surface area contributed by atoms with Crippen LogP contribution in [0.5, 0.6) is 5.75 Å². The van der Waals surface area contributed by atoms with Crippen molar-refractivity contribution in [2.75, 3.05) is 17.7 Å². The molecule has 0 saturated carbocycles. The lowest BCUT2D eigenvalue weighted by Gasteiger charge is -2.10. The monoisotopic (exact) mass is 554 g/mol. The van der Waals surface area contributed by atoms with Gasteiger partial charge in [0.25, 0.3) is 0 Å². The predicted molar refractivity (Wildman–Crippen MR) is 134 cm³/mol. The first kappa shape index (κ1) is 24.6. The molecule has 2 aromatic carbocycles. The van der Waals surface area contributed by atoms with Gasteiger partial charge < -0.3 is 14.6 Å². The number of nitrogens with one attached hydrogen (secondary N) is 1. The minimum absolute atomic E-state index is 0.131. The van der Waals surface area contributed by atoms with E-state index in [0.29, 0.717) is 40.5 Å². The average Bonchev–Trinajstić information content (AvgIpc) is 3.14. The highest BCUT2D eigenvalue weighted by atomic mass is 79.9. The van der Waals surface area contributed by atoms with Gasteiger partial charge in [-0.3, -0.25) is 4.79 Å². The quantitative estimate of drug-likeness (QED) is 0.171. The van der Waals surface area contributed by atoms with Gasteiger partial charge >= 0.3 is 0 Å². The number of hydrogen-bond donors (Lipinski definition) is 1. The number of benzene rings is 2.